The molecule has 0 spiro atoms. The summed E-state index contributed by atoms with van der Waals surface area (Å²) < 4.78 is 7.67. The number of aromatic nitrogens is 2. The molecular formula is C24H35N3O2. The van der Waals surface area contributed by atoms with Gasteiger partial charge in [-0.05, 0) is 29.9 Å². The van der Waals surface area contributed by atoms with Gasteiger partial charge in [-0.1, -0.05) is 39.3 Å². The molecule has 0 amide bonds. The Hall–Kier alpha value is -1.85. The summed E-state index contributed by atoms with van der Waals surface area (Å²) in [5.41, 5.74) is 1.86. The molecular weight excluding hydrogens is 362 g/mol. The number of ether oxygens (including phenoxy) is 1. The SMILES string of the molecule is COc1ccc(C(C)(C)C)cc1CN1C[C@H]2CCC[C@@H](C1)C2(O)c1nccn1C. The Morgan fingerprint density at radius 2 is 1.90 bits per heavy atom. The number of fused-ring (bicyclic) bond motifs is 2. The molecule has 2 fully saturated rings. The normalized spacial score (nSPS) is 27.8. The second-order valence-corrected chi connectivity index (χ2v) is 9.98. The molecule has 1 unspecified atom stereocenters. The minimum Gasteiger partial charge on any atom is -0.496 e. The predicted molar refractivity (Wildman–Crippen MR) is 115 cm³/mol. The Kier molecular flexibility index (Phi) is 5.24. The summed E-state index contributed by atoms with van der Waals surface area (Å²) in [4.78, 5) is 7.05. The smallest absolute Gasteiger partial charge is 0.141 e. The van der Waals surface area contributed by atoms with Crippen molar-refractivity contribution in [1.82, 2.24) is 14.5 Å². The zero-order valence-electron chi connectivity index (χ0n) is 18.5. The number of piperidine rings is 1. The van der Waals surface area contributed by atoms with Gasteiger partial charge in [0.25, 0.3) is 0 Å². The Balaban J connectivity index is 1.60. The third kappa shape index (κ3) is 3.59. The third-order valence-corrected chi connectivity index (χ3v) is 7.03. The first-order valence-electron chi connectivity index (χ1n) is 10.8. The number of hydrogen-bond donors (Lipinski definition) is 1. The maximum absolute atomic E-state index is 11.8. The second-order valence-electron chi connectivity index (χ2n) is 9.98. The van der Waals surface area contributed by atoms with Crippen LogP contribution in [0.1, 0.15) is 57.0 Å². The number of benzene rings is 1. The summed E-state index contributed by atoms with van der Waals surface area (Å²) in [6.07, 6.45) is 7.04. The Morgan fingerprint density at radius 3 is 2.45 bits per heavy atom. The highest BCUT2D eigenvalue weighted by Gasteiger charge is 2.53. The van der Waals surface area contributed by atoms with E-state index < -0.39 is 5.60 Å². The maximum Gasteiger partial charge on any atom is 0.141 e. The topological polar surface area (TPSA) is 50.5 Å². The van der Waals surface area contributed by atoms with Crippen LogP contribution in [0.2, 0.25) is 0 Å². The highest BCUT2D eigenvalue weighted by molar-refractivity contribution is 5.39. The van der Waals surface area contributed by atoms with E-state index in [0.717, 1.165) is 44.0 Å². The van der Waals surface area contributed by atoms with Gasteiger partial charge < -0.3 is 14.4 Å². The average Bonchev–Trinajstić information content (AvgIpc) is 3.08. The van der Waals surface area contributed by atoms with Gasteiger partial charge in [0.1, 0.15) is 17.2 Å². The highest BCUT2D eigenvalue weighted by Crippen LogP contribution is 2.49. The van der Waals surface area contributed by atoms with Gasteiger partial charge in [0.15, 0.2) is 0 Å². The lowest BCUT2D eigenvalue weighted by atomic mass is 9.65. The zero-order valence-corrected chi connectivity index (χ0v) is 18.5. The fourth-order valence-corrected chi connectivity index (χ4v) is 5.40. The highest BCUT2D eigenvalue weighted by atomic mass is 16.5. The van der Waals surface area contributed by atoms with Gasteiger partial charge in [-0.3, -0.25) is 4.90 Å². The number of methoxy groups -OCH3 is 1. The molecule has 3 atom stereocenters. The molecule has 5 heteroatoms. The lowest BCUT2D eigenvalue weighted by Gasteiger charge is -2.52. The van der Waals surface area contributed by atoms with Crippen LogP contribution < -0.4 is 4.74 Å². The van der Waals surface area contributed by atoms with Crippen LogP contribution in [0.5, 0.6) is 5.75 Å². The average molecular weight is 398 g/mol. The van der Waals surface area contributed by atoms with E-state index in [2.05, 4.69) is 48.9 Å². The lowest BCUT2D eigenvalue weighted by Crippen LogP contribution is -2.58. The maximum atomic E-state index is 11.8. The van der Waals surface area contributed by atoms with E-state index in [1.165, 1.54) is 17.5 Å². The monoisotopic (exact) mass is 397 g/mol. The van der Waals surface area contributed by atoms with Crippen LogP contribution in [0.4, 0.5) is 0 Å². The Labute approximate surface area is 174 Å². The molecule has 1 saturated carbocycles. The van der Waals surface area contributed by atoms with Crippen molar-refractivity contribution in [2.45, 2.75) is 57.6 Å². The molecule has 1 aliphatic heterocycles. The van der Waals surface area contributed by atoms with Crippen molar-refractivity contribution in [2.24, 2.45) is 18.9 Å². The van der Waals surface area contributed by atoms with Gasteiger partial charge >= 0.3 is 0 Å². The summed E-state index contributed by atoms with van der Waals surface area (Å²) in [6.45, 7) is 9.38. The molecule has 1 saturated heterocycles. The number of aliphatic hydroxyl groups is 1. The van der Waals surface area contributed by atoms with Crippen LogP contribution in [0.25, 0.3) is 0 Å². The van der Waals surface area contributed by atoms with Crippen LogP contribution in [0.3, 0.4) is 0 Å². The third-order valence-electron chi connectivity index (χ3n) is 7.03. The number of rotatable bonds is 4. The van der Waals surface area contributed by atoms with Crippen molar-refractivity contribution >= 4 is 0 Å². The van der Waals surface area contributed by atoms with E-state index >= 15 is 0 Å². The first kappa shape index (κ1) is 20.4. The molecule has 5 nitrogen and oxygen atoms in total. The minimum absolute atomic E-state index is 0.109. The first-order valence-corrected chi connectivity index (χ1v) is 10.8. The van der Waals surface area contributed by atoms with Gasteiger partial charge in [0.05, 0.1) is 7.11 Å². The van der Waals surface area contributed by atoms with Crippen molar-refractivity contribution in [3.63, 3.8) is 0 Å². The zero-order chi connectivity index (χ0) is 20.8. The van der Waals surface area contributed by atoms with Crippen LogP contribution in [0, 0.1) is 11.8 Å². The summed E-state index contributed by atoms with van der Waals surface area (Å²) in [6, 6.07) is 6.58. The van der Waals surface area contributed by atoms with E-state index in [0.29, 0.717) is 0 Å². The molecule has 29 heavy (non-hydrogen) atoms. The summed E-state index contributed by atoms with van der Waals surface area (Å²) in [5, 5.41) is 11.8. The largest absolute Gasteiger partial charge is 0.496 e. The predicted octanol–water partition coefficient (Wildman–Crippen LogP) is 3.85. The second kappa shape index (κ2) is 7.44. The molecule has 2 bridgehead atoms. The molecule has 158 valence electrons. The van der Waals surface area contributed by atoms with Gasteiger partial charge in [-0.15, -0.1) is 0 Å². The van der Waals surface area contributed by atoms with Crippen molar-refractivity contribution in [2.75, 3.05) is 20.2 Å². The Morgan fingerprint density at radius 1 is 1.21 bits per heavy atom. The van der Waals surface area contributed by atoms with E-state index in [1.807, 2.05) is 17.8 Å². The number of nitrogens with zero attached hydrogens (tertiary/aromatic N) is 3. The van der Waals surface area contributed by atoms with E-state index in [9.17, 15) is 5.11 Å². The van der Waals surface area contributed by atoms with Gasteiger partial charge in [-0.2, -0.15) is 0 Å². The van der Waals surface area contributed by atoms with Crippen LogP contribution in [-0.2, 0) is 24.6 Å². The van der Waals surface area contributed by atoms with Crippen LogP contribution in [-0.4, -0.2) is 39.8 Å². The molecule has 2 heterocycles. The molecule has 1 aromatic heterocycles. The molecule has 0 radical (unpaired) electrons. The van der Waals surface area contributed by atoms with E-state index in [-0.39, 0.29) is 17.3 Å². The number of likely N-dealkylation sites (tertiary alicyclic amines) is 1. The molecule has 1 N–H and O–H groups in total. The van der Waals surface area contributed by atoms with Gasteiger partial charge in [0.2, 0.25) is 0 Å². The fourth-order valence-electron chi connectivity index (χ4n) is 5.40. The van der Waals surface area contributed by atoms with Crippen LogP contribution >= 0.6 is 0 Å². The summed E-state index contributed by atoms with van der Waals surface area (Å²) in [7, 11) is 3.74. The van der Waals surface area contributed by atoms with Crippen molar-refractivity contribution in [3.8, 4) is 5.75 Å². The molecule has 1 aromatic carbocycles. The number of aryl methyl sites for hydroxylation is 1. The van der Waals surface area contributed by atoms with Gasteiger partial charge in [0, 0.05) is 56.5 Å². The molecule has 2 aliphatic rings. The van der Waals surface area contributed by atoms with Crippen molar-refractivity contribution in [3.05, 3.63) is 47.5 Å². The first-order chi connectivity index (χ1) is 13.7. The molecule has 4 rings (SSSR count). The van der Waals surface area contributed by atoms with E-state index in [4.69, 9.17) is 4.74 Å². The lowest BCUT2D eigenvalue weighted by molar-refractivity contribution is -0.155. The van der Waals surface area contributed by atoms with Crippen LogP contribution in [0.15, 0.2) is 30.6 Å². The molecule has 2 aromatic rings. The minimum atomic E-state index is -0.815. The fraction of sp³-hybridized carbons (Fsp3) is 0.625. The quantitative estimate of drug-likeness (QED) is 0.851. The van der Waals surface area contributed by atoms with Gasteiger partial charge in [-0.25, -0.2) is 4.98 Å². The van der Waals surface area contributed by atoms with Crippen molar-refractivity contribution in [1.29, 1.82) is 0 Å². The standard InChI is InChI=1S/C24H35N3O2/c1-23(2,3)18-9-10-21(29-5)17(13-18)14-27-15-19-7-6-8-20(16-27)24(19,28)22-25-11-12-26(22)4/h9-13,19-20,28H,6-8,14-16H2,1-5H3/t19-,20+,24?. The van der Waals surface area contributed by atoms with Crippen molar-refractivity contribution < 1.29 is 9.84 Å². The number of hydrogen-bond acceptors (Lipinski definition) is 4. The molecule has 1 aliphatic carbocycles. The van der Waals surface area contributed by atoms with E-state index in [1.54, 1.807) is 13.3 Å². The summed E-state index contributed by atoms with van der Waals surface area (Å²) >= 11 is 0. The summed E-state index contributed by atoms with van der Waals surface area (Å²) in [5.74, 6) is 2.22. The Bertz CT molecular complexity index is 853. The number of imidazole rings is 1.